The van der Waals surface area contributed by atoms with Crippen molar-refractivity contribution in [3.8, 4) is 45.6 Å². The Morgan fingerprint density at radius 1 is 0.602 bits per heavy atom. The van der Waals surface area contributed by atoms with E-state index < -0.39 is 102 Å². The molecule has 0 aliphatic carbocycles. The number of nitrogens with zero attached hydrogens (tertiary/aromatic N) is 2. The fourth-order valence-corrected chi connectivity index (χ4v) is 17.9. The largest absolute Gasteiger partial charge is 0.507 e. The fourth-order valence-electron chi connectivity index (χ4n) is 10.3. The number of rotatable bonds is 24. The predicted molar refractivity (Wildman–Crippen MR) is 308 cm³/mol. The molecular formula is C53H64Cl2N2O22P4. The number of ether oxygens (including phenoxy) is 2. The number of fused-ring (bicyclic) bond motifs is 2. The molecule has 0 bridgehead atoms. The molecule has 6 aromatic rings. The van der Waals surface area contributed by atoms with Gasteiger partial charge in [0.05, 0.1) is 55.2 Å². The lowest BCUT2D eigenvalue weighted by Crippen LogP contribution is -2.44. The molecule has 4 aromatic carbocycles. The van der Waals surface area contributed by atoms with Crippen LogP contribution in [-0.2, 0) is 36.4 Å². The van der Waals surface area contributed by atoms with Gasteiger partial charge in [-0.3, -0.25) is 27.8 Å². The summed E-state index contributed by atoms with van der Waals surface area (Å²) in [7, 11) is -18.3. The summed E-state index contributed by atoms with van der Waals surface area (Å²) in [4.78, 5) is 77.7. The van der Waals surface area contributed by atoms with Crippen LogP contribution in [0.15, 0.2) is 91.2 Å². The molecular weight excluding hydrogens is 1210 g/mol. The van der Waals surface area contributed by atoms with Crippen LogP contribution in [0.4, 0.5) is 0 Å². The molecule has 4 atom stereocenters. The average Bonchev–Trinajstić information content (AvgIpc) is 3.59. The first kappa shape index (κ1) is 64.5. The Labute approximate surface area is 486 Å². The smallest absolute Gasteiger partial charge is 0.349 e. The van der Waals surface area contributed by atoms with Crippen molar-refractivity contribution in [3.63, 3.8) is 0 Å². The number of aromatic hydroxyl groups is 1. The zero-order chi connectivity index (χ0) is 60.3. The van der Waals surface area contributed by atoms with Gasteiger partial charge in [0.25, 0.3) is 0 Å². The van der Waals surface area contributed by atoms with Crippen molar-refractivity contribution < 1.29 is 94.4 Å². The average molecular weight is 1280 g/mol. The van der Waals surface area contributed by atoms with Gasteiger partial charge in [-0.05, 0) is 78.4 Å². The van der Waals surface area contributed by atoms with Gasteiger partial charge in [-0.2, -0.15) is 0 Å². The maximum atomic E-state index is 14.7. The molecule has 2 aliphatic rings. The van der Waals surface area contributed by atoms with Crippen LogP contribution in [0, 0.1) is 0 Å². The molecule has 2 aromatic heterocycles. The van der Waals surface area contributed by atoms with Crippen molar-refractivity contribution in [2.24, 2.45) is 0 Å². The number of benzene rings is 4. The SMILES string of the molecule is CCOP(=O)(OCC)C(COc1cc(O)c2c(=O)cc(-c3ccccc3Cl)oc2c1[C@H]1CCN(Oc2cc(OCC(P(=O)(O)O)P(=O)(O)O)c([C@H]3CCN(C)C[C@H]3O)c3oc(-c4ccccc4Cl)cc(=O)c23)C[C@H]1O)P(=O)(OCC)OCC. The summed E-state index contributed by atoms with van der Waals surface area (Å²) in [6, 6.07) is 17.4. The topological polar surface area (TPSA) is 341 Å². The lowest BCUT2D eigenvalue weighted by Gasteiger charge is -2.37. The van der Waals surface area contributed by atoms with Gasteiger partial charge >= 0.3 is 30.4 Å². The van der Waals surface area contributed by atoms with Crippen LogP contribution in [0.2, 0.25) is 10.0 Å². The zero-order valence-electron chi connectivity index (χ0n) is 45.6. The van der Waals surface area contributed by atoms with Crippen molar-refractivity contribution in [1.82, 2.24) is 9.96 Å². The predicted octanol–water partition coefficient (Wildman–Crippen LogP) is 9.47. The van der Waals surface area contributed by atoms with E-state index in [1.54, 1.807) is 83.3 Å². The summed E-state index contributed by atoms with van der Waals surface area (Å²) in [5, 5.41) is 32.5. The van der Waals surface area contributed by atoms with E-state index in [4.69, 9.17) is 64.4 Å². The highest BCUT2D eigenvalue weighted by Gasteiger charge is 2.52. The van der Waals surface area contributed by atoms with Gasteiger partial charge in [0.2, 0.25) is 0 Å². The number of hydroxylamine groups is 2. The number of phenolic OH excluding ortho intramolecular Hbond substituents is 1. The fraction of sp³-hybridized carbons (Fsp3) is 0.434. The van der Waals surface area contributed by atoms with Crippen LogP contribution in [0.1, 0.15) is 63.5 Å². The molecule has 2 saturated heterocycles. The van der Waals surface area contributed by atoms with Crippen LogP contribution < -0.4 is 25.2 Å². The van der Waals surface area contributed by atoms with E-state index in [-0.39, 0.29) is 135 Å². The Hall–Kier alpha value is -4.48. The van der Waals surface area contributed by atoms with Gasteiger partial charge in [-0.1, -0.05) is 47.5 Å². The second-order valence-corrected chi connectivity index (χ2v) is 29.3. The third kappa shape index (κ3) is 14.0. The summed E-state index contributed by atoms with van der Waals surface area (Å²) in [6.07, 6.45) is -2.61. The van der Waals surface area contributed by atoms with E-state index >= 15 is 0 Å². The number of hydrogen-bond acceptors (Lipinski definition) is 20. The van der Waals surface area contributed by atoms with Crippen LogP contribution in [0.25, 0.3) is 44.6 Å². The van der Waals surface area contributed by atoms with Crippen molar-refractivity contribution in [2.45, 2.75) is 75.4 Å². The van der Waals surface area contributed by atoms with Crippen LogP contribution in [0.3, 0.4) is 0 Å². The summed E-state index contributed by atoms with van der Waals surface area (Å²) in [6.45, 7) is 3.46. The lowest BCUT2D eigenvalue weighted by molar-refractivity contribution is -0.111. The first-order valence-corrected chi connectivity index (χ1v) is 33.7. The van der Waals surface area contributed by atoms with Crippen molar-refractivity contribution >= 4 is 75.5 Å². The van der Waals surface area contributed by atoms with E-state index in [9.17, 15) is 62.7 Å². The molecule has 2 aliphatic heterocycles. The first-order chi connectivity index (χ1) is 39.3. The third-order valence-electron chi connectivity index (χ3n) is 14.0. The summed E-state index contributed by atoms with van der Waals surface area (Å²) < 4.78 is 103. The van der Waals surface area contributed by atoms with E-state index in [0.29, 0.717) is 6.54 Å². The summed E-state index contributed by atoms with van der Waals surface area (Å²) in [5.74, 6) is -3.64. The minimum Gasteiger partial charge on any atom is -0.507 e. The van der Waals surface area contributed by atoms with Gasteiger partial charge < -0.3 is 81.0 Å². The molecule has 0 amide bonds. The Morgan fingerprint density at radius 2 is 1.04 bits per heavy atom. The normalized spacial score (nSPS) is 18.8. The maximum Gasteiger partial charge on any atom is 0.349 e. The van der Waals surface area contributed by atoms with Crippen molar-refractivity contribution in [3.05, 3.63) is 114 Å². The van der Waals surface area contributed by atoms with Gasteiger partial charge in [0, 0.05) is 71.4 Å². The Bertz CT molecular complexity index is 3600. The lowest BCUT2D eigenvalue weighted by atomic mass is 9.85. The minimum absolute atomic E-state index is 0.000376. The van der Waals surface area contributed by atoms with Gasteiger partial charge in [-0.15, -0.1) is 5.06 Å². The number of aliphatic hydroxyl groups excluding tert-OH is 2. The van der Waals surface area contributed by atoms with Gasteiger partial charge in [0.15, 0.2) is 27.4 Å². The first-order valence-electron chi connectivity index (χ1n) is 26.4. The van der Waals surface area contributed by atoms with Gasteiger partial charge in [-0.25, -0.2) is 0 Å². The van der Waals surface area contributed by atoms with Crippen LogP contribution >= 0.6 is 53.6 Å². The van der Waals surface area contributed by atoms with E-state index in [0.717, 1.165) is 24.3 Å². The number of hydrogen-bond donors (Lipinski definition) is 7. The molecule has 30 heteroatoms. The zero-order valence-corrected chi connectivity index (χ0v) is 50.7. The highest BCUT2D eigenvalue weighted by atomic mass is 35.5. The quantitative estimate of drug-likeness (QED) is 0.0277. The van der Waals surface area contributed by atoms with Crippen LogP contribution in [0.5, 0.6) is 23.0 Å². The van der Waals surface area contributed by atoms with Crippen molar-refractivity contribution in [1.29, 1.82) is 0 Å². The molecule has 452 valence electrons. The molecule has 2 fully saturated rings. The second kappa shape index (κ2) is 26.6. The number of piperidine rings is 2. The Morgan fingerprint density at radius 3 is 1.49 bits per heavy atom. The molecule has 7 N–H and O–H groups in total. The monoisotopic (exact) mass is 1270 g/mol. The number of β-amino-alcohol motifs (C(OH)–C–C–N with tert-alkyl or cyclic N) is 2. The molecule has 83 heavy (non-hydrogen) atoms. The summed E-state index contributed by atoms with van der Waals surface area (Å²) in [5.41, 5.74) is -1.35. The van der Waals surface area contributed by atoms with E-state index in [2.05, 4.69) is 0 Å². The van der Waals surface area contributed by atoms with E-state index in [1.807, 2.05) is 4.90 Å². The standard InChI is InChI=1S/C53H64Cl2N2O22P4/c1-6-73-82(69,74-7-2)47(83(70,75-8-3)76-9-4)29-72-43-24-37(59)50-36(58)22-41(30-14-10-12-16-34(30)54)77-52(50)48(43)33-19-21-57(27-40(33)62)79-45-25-44(71-28-46(80(63,64)65)81(66,67)68)49(32-18-20-56(5)26-39(32)61)53-51(45)38(60)23-42(78-53)31-15-11-13-17-35(31)55/h10-17,22-25,32-33,39-40,46-47,59,61-62H,6-9,18-21,26-29H2,1-5H3,(H2,63,64,65)(H2,66,67,68)/t32-,33-,39+,40+/m0/s1. The highest BCUT2D eigenvalue weighted by Crippen LogP contribution is 2.70. The molecule has 0 unspecified atom stereocenters. The van der Waals surface area contributed by atoms with Crippen LogP contribution in [-0.4, -0.2) is 141 Å². The van der Waals surface area contributed by atoms with E-state index in [1.165, 1.54) is 5.06 Å². The summed E-state index contributed by atoms with van der Waals surface area (Å²) >= 11 is 13.2. The molecule has 8 rings (SSSR count). The molecule has 0 spiro atoms. The molecule has 0 radical (unpaired) electrons. The Kier molecular flexibility index (Phi) is 20.7. The third-order valence-corrected chi connectivity index (χ3v) is 24.3. The number of likely N-dealkylation sites (N-methyl/N-ethyl adjacent to an activating group) is 1. The molecule has 0 saturated carbocycles. The minimum atomic E-state index is -5.57. The van der Waals surface area contributed by atoms with Crippen molar-refractivity contribution in [2.75, 3.05) is 72.9 Å². The molecule has 24 nitrogen and oxygen atoms in total. The molecule has 4 heterocycles. The number of halogens is 2. The maximum absolute atomic E-state index is 14.7. The number of aliphatic hydroxyl groups is 2. The Balaban J connectivity index is 1.27. The highest BCUT2D eigenvalue weighted by molar-refractivity contribution is 7.72. The van der Waals surface area contributed by atoms with Gasteiger partial charge in [0.1, 0.15) is 63.9 Å². The second-order valence-electron chi connectivity index (χ2n) is 19.6. The number of phenols is 1. The number of likely N-dealkylation sites (tertiary alicyclic amines) is 1.